The van der Waals surface area contributed by atoms with E-state index in [1.165, 1.54) is 38.2 Å². The lowest BCUT2D eigenvalue weighted by molar-refractivity contribution is -0.171. The van der Waals surface area contributed by atoms with Crippen LogP contribution in [0.5, 0.6) is 0 Å². The third-order valence-electron chi connectivity index (χ3n) is 14.8. The molecule has 0 amide bonds. The number of hydrogen-bond donors (Lipinski definition) is 10. The van der Waals surface area contributed by atoms with E-state index in [1.54, 1.807) is 55.4 Å². The van der Waals surface area contributed by atoms with Crippen molar-refractivity contribution in [2.75, 3.05) is 59.5 Å². The fourth-order valence-electron chi connectivity index (χ4n) is 8.83. The highest BCUT2D eigenvalue weighted by Crippen LogP contribution is 2.31. The fraction of sp³-hybridized carbons (Fsp3) is 0.681. The molecular formula is C72H107F7O35. The van der Waals surface area contributed by atoms with Gasteiger partial charge >= 0.3 is 47.8 Å². The Labute approximate surface area is 652 Å². The lowest BCUT2D eigenvalue weighted by atomic mass is 10.1. The number of carbonyl (C=O) groups excluding carboxylic acids is 9. The molecule has 9 aliphatic heterocycles. The van der Waals surface area contributed by atoms with Crippen LogP contribution in [0.3, 0.4) is 0 Å². The van der Waals surface area contributed by atoms with Gasteiger partial charge in [-0.1, -0.05) is 34.6 Å². The molecule has 5 fully saturated rings. The van der Waals surface area contributed by atoms with Crippen LogP contribution in [0.15, 0.2) is 83.3 Å². The summed E-state index contributed by atoms with van der Waals surface area (Å²) in [6.45, 7) is 25.5. The molecule has 18 atom stereocenters. The molecule has 0 aromatic rings. The first-order chi connectivity index (χ1) is 53.1. The van der Waals surface area contributed by atoms with E-state index >= 15 is 0 Å². The summed E-state index contributed by atoms with van der Waals surface area (Å²) in [6.07, 6.45) is -4.82. The zero-order valence-corrected chi connectivity index (χ0v) is 65.5. The predicted octanol–water partition coefficient (Wildman–Crippen LogP) is 3.31. The van der Waals surface area contributed by atoms with Crippen LogP contribution in [0.2, 0.25) is 0 Å². The van der Waals surface area contributed by atoms with Gasteiger partial charge in [0.1, 0.15) is 48.8 Å². The Morgan fingerprint density at radius 2 is 0.991 bits per heavy atom. The first kappa shape index (κ1) is 106. The highest BCUT2D eigenvalue weighted by Gasteiger charge is 2.51. The molecule has 42 heteroatoms. The van der Waals surface area contributed by atoms with Gasteiger partial charge in [-0.15, -0.1) is 0 Å². The minimum absolute atomic E-state index is 0.0648. The van der Waals surface area contributed by atoms with E-state index in [-0.39, 0.29) is 70.0 Å². The molecule has 9 heterocycles. The number of rotatable bonds is 20. The minimum atomic E-state index is -1.63. The molecule has 654 valence electrons. The standard InChI is InChI=1S/C10H15FO4.C9H15FO2.C9H14O6.C8H11FO3.C7H11FO4.C6H9FO2.C6H7FO2.C6H10O6.C6H10O3.C5H5FO3/c1-4-13-9(12)8(11)5-7-6-14-10(2,3)15-7;1-4-7(3)6-8(10)9(11)12-5-2;1-9(2)13-3-4(15-9)7-5(10)6(11)8(12)14-7;1-3-6-4-7(9)8(12-6)11-5(2)10;1-2-12-7(11)6(8)3-5(10)4-9;2*1-2-4-3-5(7)6(8)9-4;7-1-2(8)5-3(9)4(10)6(11)12-5;1-6(2)8-4-5(3-7)9-6;6-4-1-3(2-7)9-5(4)8/h5,7H,4,6H2,1-3H3;6-7H,4-5H2,1-3H3;4-7,10-11H,3H2,1-2H3;4,6,8H,3H2,1-2H3;3,5,9-10H,2,4H2,1H3;3-4,6,8H,2H2,1H3;3-4H,2H2,1H3;2-5,7-10H,1H2;3,5H,4H2,1-2H3;1,3,7H,2H2/b;8-6-;;;6-3-;;;;;/t;;4?,5?,6?,7-;6-,8+;;4-,6?;4-;2?,3?,4?,5-;;3-/m..10.001.1/s1. The number of hydrogen-bond acceptors (Lipinski definition) is 35. The van der Waals surface area contributed by atoms with Crippen LogP contribution in [0.4, 0.5) is 30.7 Å². The molecule has 0 spiro atoms. The summed E-state index contributed by atoms with van der Waals surface area (Å²) < 4.78 is 165. The van der Waals surface area contributed by atoms with Crippen molar-refractivity contribution in [1.82, 2.24) is 0 Å². The van der Waals surface area contributed by atoms with E-state index in [0.717, 1.165) is 24.9 Å². The van der Waals surface area contributed by atoms with Gasteiger partial charge in [-0.3, -0.25) is 4.79 Å². The van der Waals surface area contributed by atoms with Gasteiger partial charge in [0.2, 0.25) is 35.4 Å². The smallest absolute Gasteiger partial charge is 0.367 e. The lowest BCUT2D eigenvalue weighted by Crippen LogP contribution is -2.40. The van der Waals surface area contributed by atoms with Crippen molar-refractivity contribution in [2.24, 2.45) is 5.92 Å². The van der Waals surface area contributed by atoms with Crippen molar-refractivity contribution in [2.45, 2.75) is 251 Å². The molecule has 10 N–H and O–H groups in total. The van der Waals surface area contributed by atoms with E-state index in [2.05, 4.69) is 33.2 Å². The summed E-state index contributed by atoms with van der Waals surface area (Å²) in [4.78, 5) is 94.7. The van der Waals surface area contributed by atoms with E-state index in [9.17, 15) is 84.1 Å². The molecule has 35 nitrogen and oxygen atoms in total. The maximum Gasteiger partial charge on any atom is 0.367 e. The first-order valence-corrected chi connectivity index (χ1v) is 35.6. The number of esters is 8. The second-order valence-electron chi connectivity index (χ2n) is 25.6. The minimum Gasteiger partial charge on any atom is -0.461 e. The summed E-state index contributed by atoms with van der Waals surface area (Å²) in [5.41, 5.74) is 0. The number of aliphatic hydroxyl groups excluding tert-OH is 10. The van der Waals surface area contributed by atoms with Crippen molar-refractivity contribution in [3.63, 3.8) is 0 Å². The van der Waals surface area contributed by atoms with E-state index in [1.807, 2.05) is 34.6 Å². The fourth-order valence-corrected chi connectivity index (χ4v) is 8.83. The predicted molar refractivity (Wildman–Crippen MR) is 373 cm³/mol. The zero-order chi connectivity index (χ0) is 87.7. The Kier molecular flexibility index (Phi) is 50.0. The largest absolute Gasteiger partial charge is 0.461 e. The number of aldehydes is 1. The van der Waals surface area contributed by atoms with Gasteiger partial charge in [-0.25, -0.2) is 42.3 Å². The summed E-state index contributed by atoms with van der Waals surface area (Å²) in [6, 6.07) is 0. The highest BCUT2D eigenvalue weighted by molar-refractivity contribution is 5.89. The van der Waals surface area contributed by atoms with Crippen LogP contribution in [0.25, 0.3) is 0 Å². The summed E-state index contributed by atoms with van der Waals surface area (Å²) in [5.74, 6) is -14.8. The normalized spacial score (nSPS) is 28.5. The molecule has 5 saturated heterocycles. The van der Waals surface area contributed by atoms with E-state index in [4.69, 9.17) is 83.5 Å². The number of cyclic esters (lactones) is 4. The van der Waals surface area contributed by atoms with Crippen molar-refractivity contribution in [1.29, 1.82) is 0 Å². The molecule has 114 heavy (non-hydrogen) atoms. The van der Waals surface area contributed by atoms with Gasteiger partial charge in [0, 0.05) is 13.0 Å². The van der Waals surface area contributed by atoms with Gasteiger partial charge in [0.15, 0.2) is 59.7 Å². The van der Waals surface area contributed by atoms with Gasteiger partial charge < -0.3 is 132 Å². The number of halogens is 7. The van der Waals surface area contributed by atoms with Crippen molar-refractivity contribution < 1.29 is 201 Å². The third-order valence-corrected chi connectivity index (χ3v) is 14.8. The van der Waals surface area contributed by atoms with Crippen molar-refractivity contribution in [3.8, 4) is 0 Å². The Morgan fingerprint density at radius 1 is 0.553 bits per heavy atom. The average Bonchev–Trinajstić information content (AvgIpc) is 1.65. The van der Waals surface area contributed by atoms with Crippen molar-refractivity contribution in [3.05, 3.63) is 83.3 Å². The molecule has 9 aliphatic rings. The second-order valence-corrected chi connectivity index (χ2v) is 25.6. The number of aliphatic hydroxyl groups is 10. The average molecular weight is 1670 g/mol. The Morgan fingerprint density at radius 3 is 1.30 bits per heavy atom. The third kappa shape index (κ3) is 40.3. The topological polar surface area (TPSA) is 504 Å². The van der Waals surface area contributed by atoms with Crippen LogP contribution in [0.1, 0.15) is 130 Å². The Balaban J connectivity index is 0.00000125. The molecule has 0 aliphatic carbocycles. The maximum atomic E-state index is 13.1. The number of carbonyl (C=O) groups is 9. The summed E-state index contributed by atoms with van der Waals surface area (Å²) in [7, 11) is 0. The molecular weight excluding hydrogens is 1560 g/mol. The Hall–Kier alpha value is -7.60. The molecule has 0 aromatic carbocycles. The first-order valence-electron chi connectivity index (χ1n) is 35.6. The van der Waals surface area contributed by atoms with Crippen LogP contribution < -0.4 is 0 Å². The van der Waals surface area contributed by atoms with Gasteiger partial charge in [0.05, 0.1) is 77.8 Å². The maximum absolute atomic E-state index is 13.1. The van der Waals surface area contributed by atoms with Crippen LogP contribution in [0, 0.1) is 5.92 Å². The van der Waals surface area contributed by atoms with Gasteiger partial charge in [-0.05, 0) is 130 Å². The summed E-state index contributed by atoms with van der Waals surface area (Å²) in [5, 5.41) is 88.0. The molecule has 0 radical (unpaired) electrons. The van der Waals surface area contributed by atoms with Crippen LogP contribution in [-0.2, 0) is 119 Å². The molecule has 0 saturated carbocycles. The molecule has 0 bridgehead atoms. The molecule has 0 aromatic heterocycles. The molecule has 11 unspecified atom stereocenters. The van der Waals surface area contributed by atoms with E-state index in [0.29, 0.717) is 31.9 Å². The van der Waals surface area contributed by atoms with Crippen molar-refractivity contribution >= 4 is 54.0 Å². The van der Waals surface area contributed by atoms with Gasteiger partial charge in [0.25, 0.3) is 6.29 Å². The molecule has 9 rings (SSSR count). The van der Waals surface area contributed by atoms with Crippen LogP contribution in [-0.4, -0.2) is 286 Å². The number of ether oxygens (including phenoxy) is 16. The highest BCUT2D eigenvalue weighted by atomic mass is 19.2. The monoisotopic (exact) mass is 1660 g/mol. The Bertz CT molecular complexity index is 3170. The van der Waals surface area contributed by atoms with E-state index < -0.39 is 199 Å². The second kappa shape index (κ2) is 53.6. The SMILES string of the molecule is CC1(C)OCC(C=O)O1.CC1(C)OCC([C@H]2OC(=O)C(O)C2O)O1.CCOC(=O)/C(F)=C/C(C)CC.CCOC(=O)/C(F)=C/C(O)CO.CCOC(=O)C(F)=CC1COC(C)(C)O1.CC[C@H]1C=C(F)C(=O)O1.CC[C@H]1C=C(F)C(O)O1.CC[C@H]1C=C(F)[C@H](OC(C)=O)O1.O=C1O[C@@H](CO)C=C1F.O=C1O[C@H](C(O)CO)C(O)C1O. The lowest BCUT2D eigenvalue weighted by Gasteiger charge is -2.21. The number of allylic oxidation sites excluding steroid dienone is 1. The summed E-state index contributed by atoms with van der Waals surface area (Å²) >= 11 is 0. The van der Waals surface area contributed by atoms with Crippen LogP contribution >= 0.6 is 0 Å². The zero-order valence-electron chi connectivity index (χ0n) is 65.5. The van der Waals surface area contributed by atoms with Gasteiger partial charge in [-0.2, -0.15) is 22.0 Å². The quantitative estimate of drug-likeness (QED) is 0.0275.